The number of amides is 1. The number of nitrogens with two attached hydrogens (primary N) is 1. The number of hydrogen-bond donors (Lipinski definition) is 2. The summed E-state index contributed by atoms with van der Waals surface area (Å²) in [4.78, 5) is 12.8. The number of piperidine rings is 1. The molecule has 1 aliphatic rings. The molecule has 0 saturated carbocycles. The van der Waals surface area contributed by atoms with E-state index in [1.165, 1.54) is 0 Å². The smallest absolute Gasteiger partial charge is 0.249 e. The summed E-state index contributed by atoms with van der Waals surface area (Å²) in [5, 5.41) is 9.57. The van der Waals surface area contributed by atoms with Gasteiger partial charge in [0.1, 0.15) is 5.60 Å². The topological polar surface area (TPSA) is 66.6 Å². The Morgan fingerprint density at radius 1 is 1.38 bits per heavy atom. The molecule has 1 rings (SSSR count). The van der Waals surface area contributed by atoms with Gasteiger partial charge in [-0.05, 0) is 19.9 Å². The molecule has 1 saturated heterocycles. The van der Waals surface area contributed by atoms with Gasteiger partial charge in [-0.3, -0.25) is 4.79 Å². The Labute approximate surface area is 90.3 Å². The van der Waals surface area contributed by atoms with Crippen LogP contribution in [0.15, 0.2) is 0 Å². The molecule has 3 N–H and O–H groups in total. The average Bonchev–Trinajstić information content (AvgIpc) is 1.95. The second kappa shape index (κ2) is 5.65. The van der Waals surface area contributed by atoms with Crippen LogP contribution in [0.5, 0.6) is 0 Å². The van der Waals surface area contributed by atoms with Crippen LogP contribution in [-0.4, -0.2) is 41.7 Å². The fourth-order valence-electron chi connectivity index (χ4n) is 1.23. The third-order valence-corrected chi connectivity index (χ3v) is 2.27. The lowest BCUT2D eigenvalue weighted by molar-refractivity contribution is -0.140. The molecule has 0 aromatic carbocycles. The number of likely N-dealkylation sites (tertiary alicyclic amines) is 1. The molecule has 0 atom stereocenters. The SMILES string of the molecule is CN1CCC(O)(C(N)=O)CC1.Cl.Cl. The zero-order valence-electron chi connectivity index (χ0n) is 7.52. The lowest BCUT2D eigenvalue weighted by Gasteiger charge is -2.33. The molecule has 0 aromatic rings. The molecule has 80 valence electrons. The van der Waals surface area contributed by atoms with Gasteiger partial charge in [0.2, 0.25) is 5.91 Å². The van der Waals surface area contributed by atoms with E-state index in [9.17, 15) is 9.90 Å². The zero-order valence-corrected chi connectivity index (χ0v) is 9.16. The Bertz CT molecular complexity index is 170. The molecule has 13 heavy (non-hydrogen) atoms. The summed E-state index contributed by atoms with van der Waals surface area (Å²) in [6.07, 6.45) is 0.914. The van der Waals surface area contributed by atoms with Gasteiger partial charge < -0.3 is 15.7 Å². The first-order chi connectivity index (χ1) is 5.04. The average molecular weight is 231 g/mol. The molecule has 0 aromatic heterocycles. The van der Waals surface area contributed by atoms with Crippen LogP contribution in [0.4, 0.5) is 0 Å². The number of primary amides is 1. The van der Waals surface area contributed by atoms with Gasteiger partial charge in [-0.1, -0.05) is 0 Å². The van der Waals surface area contributed by atoms with Crippen LogP contribution in [0.2, 0.25) is 0 Å². The first-order valence-corrected chi connectivity index (χ1v) is 3.75. The summed E-state index contributed by atoms with van der Waals surface area (Å²) in [6.45, 7) is 1.47. The number of nitrogens with zero attached hydrogens (tertiary/aromatic N) is 1. The summed E-state index contributed by atoms with van der Waals surface area (Å²) >= 11 is 0. The Hall–Kier alpha value is -0.0300. The molecule has 0 radical (unpaired) electrons. The molecular formula is C7H16Cl2N2O2. The predicted octanol–water partition coefficient (Wildman–Crippen LogP) is -0.228. The van der Waals surface area contributed by atoms with Crippen LogP contribution < -0.4 is 5.73 Å². The van der Waals surface area contributed by atoms with Crippen molar-refractivity contribution in [2.24, 2.45) is 5.73 Å². The Morgan fingerprint density at radius 3 is 2.08 bits per heavy atom. The normalized spacial score (nSPS) is 21.1. The van der Waals surface area contributed by atoms with E-state index in [-0.39, 0.29) is 24.8 Å². The standard InChI is InChI=1S/C7H14N2O2.2ClH/c1-9-4-2-7(11,3-5-9)6(8)10;;/h11H,2-5H2,1H3,(H2,8,10);2*1H. The lowest BCUT2D eigenvalue weighted by atomic mass is 9.91. The number of rotatable bonds is 1. The molecule has 1 fully saturated rings. The van der Waals surface area contributed by atoms with E-state index < -0.39 is 11.5 Å². The van der Waals surface area contributed by atoms with Gasteiger partial charge in [-0.15, -0.1) is 24.8 Å². The minimum Gasteiger partial charge on any atom is -0.380 e. The first kappa shape index (κ1) is 15.4. The van der Waals surface area contributed by atoms with Crippen molar-refractivity contribution >= 4 is 30.7 Å². The lowest BCUT2D eigenvalue weighted by Crippen LogP contribution is -2.51. The highest BCUT2D eigenvalue weighted by atomic mass is 35.5. The zero-order chi connectivity index (χ0) is 8.48. The van der Waals surface area contributed by atoms with Crippen molar-refractivity contribution in [2.45, 2.75) is 18.4 Å². The molecule has 1 heterocycles. The maximum absolute atomic E-state index is 10.7. The van der Waals surface area contributed by atoms with Crippen molar-refractivity contribution in [3.05, 3.63) is 0 Å². The quantitative estimate of drug-likeness (QED) is 0.655. The largest absolute Gasteiger partial charge is 0.380 e. The third-order valence-electron chi connectivity index (χ3n) is 2.27. The molecule has 1 amide bonds. The van der Waals surface area contributed by atoms with Crippen LogP contribution in [0.25, 0.3) is 0 Å². The number of aliphatic hydroxyl groups is 1. The molecule has 0 bridgehead atoms. The summed E-state index contributed by atoms with van der Waals surface area (Å²) in [5.41, 5.74) is 3.80. The van der Waals surface area contributed by atoms with E-state index in [0.29, 0.717) is 12.8 Å². The second-order valence-electron chi connectivity index (χ2n) is 3.20. The fourth-order valence-corrected chi connectivity index (χ4v) is 1.23. The van der Waals surface area contributed by atoms with Gasteiger partial charge in [0, 0.05) is 13.1 Å². The molecule has 6 heteroatoms. The van der Waals surface area contributed by atoms with Crippen LogP contribution in [0.3, 0.4) is 0 Å². The van der Waals surface area contributed by atoms with Crippen molar-refractivity contribution in [2.75, 3.05) is 20.1 Å². The summed E-state index contributed by atoms with van der Waals surface area (Å²) in [7, 11) is 1.96. The van der Waals surface area contributed by atoms with Crippen molar-refractivity contribution in [1.82, 2.24) is 4.90 Å². The number of carbonyl (C=O) groups is 1. The van der Waals surface area contributed by atoms with Gasteiger partial charge in [0.25, 0.3) is 0 Å². The van der Waals surface area contributed by atoms with Gasteiger partial charge in [0.05, 0.1) is 0 Å². The monoisotopic (exact) mass is 230 g/mol. The van der Waals surface area contributed by atoms with Crippen molar-refractivity contribution in [1.29, 1.82) is 0 Å². The van der Waals surface area contributed by atoms with E-state index in [1.54, 1.807) is 0 Å². The highest BCUT2D eigenvalue weighted by molar-refractivity contribution is 5.85. The van der Waals surface area contributed by atoms with Gasteiger partial charge in [0.15, 0.2) is 0 Å². The van der Waals surface area contributed by atoms with E-state index in [4.69, 9.17) is 5.73 Å². The van der Waals surface area contributed by atoms with Crippen molar-refractivity contribution in [3.8, 4) is 0 Å². The van der Waals surface area contributed by atoms with Crippen LogP contribution >= 0.6 is 24.8 Å². The molecular weight excluding hydrogens is 215 g/mol. The van der Waals surface area contributed by atoms with Crippen molar-refractivity contribution in [3.63, 3.8) is 0 Å². The molecule has 0 unspecified atom stereocenters. The van der Waals surface area contributed by atoms with Crippen LogP contribution in [-0.2, 0) is 4.79 Å². The van der Waals surface area contributed by atoms with Gasteiger partial charge >= 0.3 is 0 Å². The highest BCUT2D eigenvalue weighted by Gasteiger charge is 2.36. The van der Waals surface area contributed by atoms with E-state index in [0.717, 1.165) is 13.1 Å². The molecule has 4 nitrogen and oxygen atoms in total. The maximum Gasteiger partial charge on any atom is 0.249 e. The van der Waals surface area contributed by atoms with E-state index >= 15 is 0 Å². The Kier molecular flexibility index (Phi) is 6.71. The summed E-state index contributed by atoms with van der Waals surface area (Å²) in [5.74, 6) is -0.592. The van der Waals surface area contributed by atoms with E-state index in [2.05, 4.69) is 4.90 Å². The highest BCUT2D eigenvalue weighted by Crippen LogP contribution is 2.20. The number of hydrogen-bond acceptors (Lipinski definition) is 3. The first-order valence-electron chi connectivity index (χ1n) is 3.75. The Morgan fingerprint density at radius 2 is 1.77 bits per heavy atom. The second-order valence-corrected chi connectivity index (χ2v) is 3.20. The fraction of sp³-hybridized carbons (Fsp3) is 0.857. The van der Waals surface area contributed by atoms with Gasteiger partial charge in [-0.25, -0.2) is 0 Å². The molecule has 0 spiro atoms. The summed E-state index contributed by atoms with van der Waals surface area (Å²) < 4.78 is 0. The maximum atomic E-state index is 10.7. The Balaban J connectivity index is 0. The minimum absolute atomic E-state index is 0. The van der Waals surface area contributed by atoms with Crippen molar-refractivity contribution < 1.29 is 9.90 Å². The molecule has 1 aliphatic heterocycles. The van der Waals surface area contributed by atoms with Crippen LogP contribution in [0, 0.1) is 0 Å². The third kappa shape index (κ3) is 3.68. The number of carbonyl (C=O) groups excluding carboxylic acids is 1. The molecule has 0 aliphatic carbocycles. The van der Waals surface area contributed by atoms with Gasteiger partial charge in [-0.2, -0.15) is 0 Å². The predicted molar refractivity (Wildman–Crippen MR) is 55.4 cm³/mol. The minimum atomic E-state index is -1.24. The van der Waals surface area contributed by atoms with E-state index in [1.807, 2.05) is 7.05 Å². The van der Waals surface area contributed by atoms with Crippen LogP contribution in [0.1, 0.15) is 12.8 Å². The number of halogens is 2. The summed E-state index contributed by atoms with van der Waals surface area (Å²) in [6, 6.07) is 0.